The van der Waals surface area contributed by atoms with Crippen molar-refractivity contribution in [3.05, 3.63) is 0 Å². The fourth-order valence-electron chi connectivity index (χ4n) is 0.329. The number of rotatable bonds is 3. The Bertz CT molecular complexity index is 151. The summed E-state index contributed by atoms with van der Waals surface area (Å²) >= 11 is 0. The zero-order chi connectivity index (χ0) is 10.2. The first-order valence-corrected chi connectivity index (χ1v) is 2.59. The second kappa shape index (κ2) is 26.7. The molecule has 0 aliphatic carbocycles. The first-order chi connectivity index (χ1) is 5.14. The van der Waals surface area contributed by atoms with Crippen LogP contribution in [0.5, 0.6) is 0 Å². The van der Waals surface area contributed by atoms with Crippen molar-refractivity contribution >= 4 is 0 Å². The van der Waals surface area contributed by atoms with Gasteiger partial charge in [-0.25, -0.2) is 0 Å². The monoisotopic (exact) mass is 362 g/mol. The minimum absolute atomic E-state index is 0. The predicted octanol–water partition coefficient (Wildman–Crippen LogP) is -34.1. The second-order valence-corrected chi connectivity index (χ2v) is 2.00. The molecule has 0 unspecified atom stereocenters. The van der Waals surface area contributed by atoms with Gasteiger partial charge in [0.1, 0.15) is 0 Å². The summed E-state index contributed by atoms with van der Waals surface area (Å²) in [7, 11) is 0. The van der Waals surface area contributed by atoms with Gasteiger partial charge in [0.15, 0.2) is 0 Å². The van der Waals surface area contributed by atoms with Gasteiger partial charge in [0.25, 0.3) is 0 Å². The minimum Gasteiger partial charge on any atom is -0.867 e. The van der Waals surface area contributed by atoms with E-state index in [4.69, 9.17) is 0 Å². The van der Waals surface area contributed by atoms with Gasteiger partial charge in [-0.15, -0.1) is 0 Å². The Labute approximate surface area is 293 Å². The molecule has 0 radical (unpaired) electrons. The molecule has 0 saturated carbocycles. The second-order valence-electron chi connectivity index (χ2n) is 2.00. The van der Waals surface area contributed by atoms with Gasteiger partial charge in [0.2, 0.25) is 0 Å². The topological polar surface area (TPSA) is 184 Å². The van der Waals surface area contributed by atoms with E-state index in [0.717, 1.165) is 0 Å². The van der Waals surface area contributed by atoms with Crippen LogP contribution in [0.3, 0.4) is 0 Å². The van der Waals surface area contributed by atoms with E-state index in [1.54, 1.807) is 0 Å². The normalized spacial score (nSPS) is 8.70. The Kier molecular flexibility index (Phi) is 75.3. The van der Waals surface area contributed by atoms with E-state index >= 15 is 0 Å². The van der Waals surface area contributed by atoms with Crippen LogP contribution in [0.15, 0.2) is 0 Å². The SMILES string of the molecule is [Na+].[Na+].[Na+].[Na+].[Na+].[Na+].[Na+].[Na+].[O-]C([O-])C([O-])([O-])C([O-])([O-])C([O-])[O-]. The molecule has 20 heavy (non-hydrogen) atoms. The van der Waals surface area contributed by atoms with Gasteiger partial charge in [0.05, 0.1) is 0 Å². The molecule has 0 aromatic heterocycles. The summed E-state index contributed by atoms with van der Waals surface area (Å²) in [6, 6.07) is 0. The molecular weight excluding hydrogens is 360 g/mol. The fraction of sp³-hybridized carbons (Fsp3) is 1.00. The van der Waals surface area contributed by atoms with Crippen molar-refractivity contribution in [3.8, 4) is 0 Å². The molecule has 0 saturated heterocycles. The molecule has 0 aliphatic rings. The third-order valence-electron chi connectivity index (χ3n) is 1.11. The summed E-state index contributed by atoms with van der Waals surface area (Å²) in [4.78, 5) is 0. The molecule has 0 aromatic rings. The van der Waals surface area contributed by atoms with E-state index in [1.165, 1.54) is 0 Å². The van der Waals surface area contributed by atoms with Crippen molar-refractivity contribution in [3.63, 3.8) is 0 Å². The zero-order valence-electron chi connectivity index (χ0n) is 13.4. The van der Waals surface area contributed by atoms with E-state index in [9.17, 15) is 40.9 Å². The maximum absolute atomic E-state index is 10.1. The average molecular weight is 362 g/mol. The standard InChI is InChI=1S/C4H2O8.8Na/c5-1(6)3(9,10)4(11,12)2(7)8;;;;;;;;/h1-2H;;;;;;;;/q-8;8*+1. The van der Waals surface area contributed by atoms with Gasteiger partial charge in [-0.3, -0.25) is 24.2 Å². The van der Waals surface area contributed by atoms with Crippen LogP contribution in [0.2, 0.25) is 0 Å². The average Bonchev–Trinajstić information content (AvgIpc) is 1.86. The summed E-state index contributed by atoms with van der Waals surface area (Å²) in [5.41, 5.74) is 0. The molecule has 0 heterocycles. The van der Waals surface area contributed by atoms with Crippen LogP contribution in [0, 0.1) is 0 Å². The molecule has 0 bridgehead atoms. The molecule has 0 spiro atoms. The molecule has 0 amide bonds. The van der Waals surface area contributed by atoms with Crippen molar-refractivity contribution in [2.75, 3.05) is 0 Å². The molecule has 74 valence electrons. The summed E-state index contributed by atoms with van der Waals surface area (Å²) in [6.07, 6.45) is -7.78. The van der Waals surface area contributed by atoms with Crippen LogP contribution in [0.4, 0.5) is 0 Å². The molecule has 0 rings (SSSR count). The molecular formula is C4H2Na8O8. The molecule has 0 aromatic carbocycles. The molecule has 0 atom stereocenters. The summed E-state index contributed by atoms with van der Waals surface area (Å²) < 4.78 is 0. The molecule has 0 aliphatic heterocycles. The van der Waals surface area contributed by atoms with Gasteiger partial charge >= 0.3 is 236 Å². The van der Waals surface area contributed by atoms with Gasteiger partial charge in [-0.1, -0.05) is 0 Å². The Morgan fingerprint density at radius 2 is 0.500 bits per heavy atom. The van der Waals surface area contributed by atoms with Crippen LogP contribution in [0.25, 0.3) is 0 Å². The predicted molar refractivity (Wildman–Crippen MR) is 13.0 cm³/mol. The van der Waals surface area contributed by atoms with Crippen molar-refractivity contribution in [1.82, 2.24) is 0 Å². The quantitative estimate of drug-likeness (QED) is 0.350. The molecule has 8 nitrogen and oxygen atoms in total. The molecule has 0 N–H and O–H groups in total. The Balaban J connectivity index is -0.0000000216. The van der Waals surface area contributed by atoms with Crippen molar-refractivity contribution in [2.24, 2.45) is 0 Å². The van der Waals surface area contributed by atoms with Gasteiger partial charge in [-0.05, 0) is 0 Å². The van der Waals surface area contributed by atoms with Gasteiger partial charge < -0.3 is 40.9 Å². The Morgan fingerprint density at radius 3 is 0.550 bits per heavy atom. The fourth-order valence-corrected chi connectivity index (χ4v) is 0.329. The first-order valence-electron chi connectivity index (χ1n) is 2.59. The molecule has 0 fully saturated rings. The molecule has 16 heteroatoms. The summed E-state index contributed by atoms with van der Waals surface area (Å²) in [5.74, 6) is -9.86. The van der Waals surface area contributed by atoms with Crippen LogP contribution in [-0.4, -0.2) is 24.2 Å². The third-order valence-corrected chi connectivity index (χ3v) is 1.11. The van der Waals surface area contributed by atoms with Crippen LogP contribution in [-0.2, 0) is 0 Å². The van der Waals surface area contributed by atoms with Gasteiger partial charge in [0, 0.05) is 0 Å². The van der Waals surface area contributed by atoms with E-state index in [-0.39, 0.29) is 236 Å². The Morgan fingerprint density at radius 1 is 0.400 bits per heavy atom. The van der Waals surface area contributed by atoms with Crippen molar-refractivity contribution in [2.45, 2.75) is 24.2 Å². The largest absolute Gasteiger partial charge is 1.00 e. The smallest absolute Gasteiger partial charge is 0.867 e. The Hall–Kier alpha value is 7.68. The van der Waals surface area contributed by atoms with E-state index in [2.05, 4.69) is 0 Å². The van der Waals surface area contributed by atoms with Crippen molar-refractivity contribution in [1.29, 1.82) is 0 Å². The minimum atomic E-state index is -4.93. The summed E-state index contributed by atoms with van der Waals surface area (Å²) in [5, 5.41) is 78.8. The van der Waals surface area contributed by atoms with E-state index in [0.29, 0.717) is 0 Å². The van der Waals surface area contributed by atoms with E-state index in [1.807, 2.05) is 0 Å². The van der Waals surface area contributed by atoms with Crippen molar-refractivity contribution < 1.29 is 277 Å². The third kappa shape index (κ3) is 19.0. The van der Waals surface area contributed by atoms with Crippen LogP contribution in [0.1, 0.15) is 0 Å². The number of hydrogen-bond donors (Lipinski definition) is 0. The van der Waals surface area contributed by atoms with Crippen LogP contribution < -0.4 is 277 Å². The number of hydrogen-bond acceptors (Lipinski definition) is 8. The first kappa shape index (κ1) is 56.5. The summed E-state index contributed by atoms with van der Waals surface area (Å²) in [6.45, 7) is 0. The van der Waals surface area contributed by atoms with Gasteiger partial charge in [-0.2, -0.15) is 0 Å². The zero-order valence-corrected chi connectivity index (χ0v) is 29.4. The van der Waals surface area contributed by atoms with Crippen LogP contribution >= 0.6 is 0 Å². The maximum Gasteiger partial charge on any atom is 1.00 e. The van der Waals surface area contributed by atoms with E-state index < -0.39 is 24.2 Å². The maximum atomic E-state index is 10.1.